The number of carbonyl (C=O) groups is 1. The molecule has 0 rings (SSSR count). The zero-order valence-corrected chi connectivity index (χ0v) is 15.5. The summed E-state index contributed by atoms with van der Waals surface area (Å²) in [6, 6.07) is 0. The van der Waals surface area contributed by atoms with Crippen LogP contribution in [0.15, 0.2) is 0 Å². The molecule has 0 radical (unpaired) electrons. The molecule has 0 aromatic heterocycles. The molecule has 22 heavy (non-hydrogen) atoms. The highest BCUT2D eigenvalue weighted by Crippen LogP contribution is 2.18. The smallest absolute Gasteiger partial charge is 0.335 e. The second-order valence-corrected chi connectivity index (χ2v) is 6.27. The summed E-state index contributed by atoms with van der Waals surface area (Å²) in [6.45, 7) is 8.20. The van der Waals surface area contributed by atoms with E-state index in [1.165, 1.54) is 57.8 Å². The summed E-state index contributed by atoms with van der Waals surface area (Å²) in [6.07, 6.45) is 15.3. The van der Waals surface area contributed by atoms with Crippen molar-refractivity contribution >= 4 is 5.97 Å². The lowest BCUT2D eigenvalue weighted by molar-refractivity contribution is -0.159. The maximum absolute atomic E-state index is 10.5. The molecule has 3 heteroatoms. The third-order valence-electron chi connectivity index (χ3n) is 4.13. The van der Waals surface area contributed by atoms with Crippen molar-refractivity contribution in [2.24, 2.45) is 0 Å². The Labute approximate surface area is 138 Å². The van der Waals surface area contributed by atoms with Crippen molar-refractivity contribution < 1.29 is 15.0 Å². The molecular weight excluding hydrogens is 276 g/mol. The van der Waals surface area contributed by atoms with Crippen molar-refractivity contribution in [1.82, 2.24) is 0 Å². The van der Waals surface area contributed by atoms with Gasteiger partial charge in [-0.25, -0.2) is 4.79 Å². The Morgan fingerprint density at radius 2 is 1.09 bits per heavy atom. The second kappa shape index (κ2) is 16.8. The average molecular weight is 317 g/mol. The topological polar surface area (TPSA) is 57.5 Å². The van der Waals surface area contributed by atoms with Gasteiger partial charge in [0.05, 0.1) is 0 Å². The molecule has 0 bridgehead atoms. The minimum Gasteiger partial charge on any atom is -0.479 e. The summed E-state index contributed by atoms with van der Waals surface area (Å²) in [5, 5.41) is 18.0. The second-order valence-electron chi connectivity index (χ2n) is 6.27. The van der Waals surface area contributed by atoms with E-state index >= 15 is 0 Å². The van der Waals surface area contributed by atoms with Crippen molar-refractivity contribution in [3.63, 3.8) is 0 Å². The molecule has 0 saturated carbocycles. The number of hydrogen-bond acceptors (Lipinski definition) is 2. The minimum absolute atomic E-state index is 0.280. The van der Waals surface area contributed by atoms with Crippen molar-refractivity contribution in [2.45, 2.75) is 117 Å². The maximum Gasteiger partial charge on any atom is 0.335 e. The summed E-state index contributed by atoms with van der Waals surface area (Å²) in [5.74, 6) is -1.10. The molecule has 1 atom stereocenters. The van der Waals surface area contributed by atoms with Crippen LogP contribution in [0.1, 0.15) is 111 Å². The zero-order valence-electron chi connectivity index (χ0n) is 15.5. The molecule has 1 unspecified atom stereocenters. The summed E-state index contributed by atoms with van der Waals surface area (Å²) in [5.41, 5.74) is -1.49. The van der Waals surface area contributed by atoms with Gasteiger partial charge in [0.25, 0.3) is 0 Å². The lowest BCUT2D eigenvalue weighted by atomic mass is 9.94. The van der Waals surface area contributed by atoms with E-state index in [1.54, 1.807) is 6.92 Å². The van der Waals surface area contributed by atoms with Crippen LogP contribution in [0, 0.1) is 0 Å². The van der Waals surface area contributed by atoms with Gasteiger partial charge in [0.15, 0.2) is 5.60 Å². The van der Waals surface area contributed by atoms with Crippen LogP contribution in [-0.2, 0) is 4.79 Å². The number of carboxylic acids is 1. The average Bonchev–Trinajstić information content (AvgIpc) is 2.52. The van der Waals surface area contributed by atoms with Crippen LogP contribution in [-0.4, -0.2) is 21.8 Å². The molecule has 0 spiro atoms. The molecule has 0 heterocycles. The van der Waals surface area contributed by atoms with E-state index < -0.39 is 11.6 Å². The fraction of sp³-hybridized carbons (Fsp3) is 0.947. The van der Waals surface area contributed by atoms with E-state index in [9.17, 15) is 9.90 Å². The Balaban J connectivity index is 0. The van der Waals surface area contributed by atoms with Crippen LogP contribution >= 0.6 is 0 Å². The number of carboxylic acid groups (broad SMARTS) is 1. The largest absolute Gasteiger partial charge is 0.479 e. The Morgan fingerprint density at radius 3 is 1.36 bits per heavy atom. The highest BCUT2D eigenvalue weighted by atomic mass is 16.4. The van der Waals surface area contributed by atoms with Gasteiger partial charge in [-0.2, -0.15) is 0 Å². The fourth-order valence-corrected chi connectivity index (χ4v) is 2.29. The van der Waals surface area contributed by atoms with Gasteiger partial charge in [-0.1, -0.05) is 98.3 Å². The number of rotatable bonds is 13. The van der Waals surface area contributed by atoms with Crippen LogP contribution in [0.3, 0.4) is 0 Å². The molecule has 0 aromatic carbocycles. The lowest BCUT2D eigenvalue weighted by Gasteiger charge is -2.20. The van der Waals surface area contributed by atoms with Crippen LogP contribution in [0.25, 0.3) is 0 Å². The van der Waals surface area contributed by atoms with Gasteiger partial charge in [-0.15, -0.1) is 0 Å². The van der Waals surface area contributed by atoms with Gasteiger partial charge in [-0.05, 0) is 12.8 Å². The van der Waals surface area contributed by atoms with Crippen molar-refractivity contribution in [3.8, 4) is 0 Å². The highest BCUT2D eigenvalue weighted by Gasteiger charge is 2.32. The number of hydrogen-bond donors (Lipinski definition) is 2. The third kappa shape index (κ3) is 14.4. The Bertz CT molecular complexity index is 233. The van der Waals surface area contributed by atoms with Gasteiger partial charge in [0, 0.05) is 0 Å². The summed E-state index contributed by atoms with van der Waals surface area (Å²) in [7, 11) is 0. The van der Waals surface area contributed by atoms with Crippen LogP contribution in [0.4, 0.5) is 0 Å². The van der Waals surface area contributed by atoms with Gasteiger partial charge in [0.1, 0.15) is 0 Å². The van der Waals surface area contributed by atoms with E-state index in [0.29, 0.717) is 6.42 Å². The van der Waals surface area contributed by atoms with Gasteiger partial charge < -0.3 is 10.2 Å². The first-order chi connectivity index (χ1) is 10.5. The fourth-order valence-electron chi connectivity index (χ4n) is 2.29. The zero-order chi connectivity index (χ0) is 17.3. The molecule has 0 aliphatic heterocycles. The molecule has 134 valence electrons. The summed E-state index contributed by atoms with van der Waals surface area (Å²) >= 11 is 0. The highest BCUT2D eigenvalue weighted by molar-refractivity contribution is 5.76. The maximum atomic E-state index is 10.5. The lowest BCUT2D eigenvalue weighted by Crippen LogP contribution is -2.37. The minimum atomic E-state index is -1.49. The number of aliphatic carboxylic acids is 1. The molecule has 0 fully saturated rings. The first kappa shape index (κ1) is 23.7. The van der Waals surface area contributed by atoms with Crippen molar-refractivity contribution in [3.05, 3.63) is 0 Å². The van der Waals surface area contributed by atoms with Gasteiger partial charge in [0.2, 0.25) is 0 Å². The Morgan fingerprint density at radius 1 is 0.727 bits per heavy atom. The van der Waals surface area contributed by atoms with E-state index in [4.69, 9.17) is 5.11 Å². The molecule has 0 aliphatic carbocycles. The molecular formula is C19H40O3. The first-order valence-electron chi connectivity index (χ1n) is 9.44. The van der Waals surface area contributed by atoms with E-state index in [2.05, 4.69) is 13.8 Å². The number of aliphatic hydroxyl groups is 1. The number of unbranched alkanes of at least 4 members (excludes halogenated alkanes) is 9. The van der Waals surface area contributed by atoms with E-state index in [0.717, 1.165) is 12.8 Å². The van der Waals surface area contributed by atoms with Crippen LogP contribution in [0.2, 0.25) is 0 Å². The SMILES string of the molecule is CCCCC(O)(CC)C(=O)O.CCCCCCCCCCC. The van der Waals surface area contributed by atoms with Crippen molar-refractivity contribution in [1.29, 1.82) is 0 Å². The molecule has 3 nitrogen and oxygen atoms in total. The molecule has 0 saturated heterocycles. The Hall–Kier alpha value is -0.570. The van der Waals surface area contributed by atoms with E-state index in [1.807, 2.05) is 6.92 Å². The van der Waals surface area contributed by atoms with Crippen LogP contribution < -0.4 is 0 Å². The first-order valence-corrected chi connectivity index (χ1v) is 9.44. The monoisotopic (exact) mass is 316 g/mol. The molecule has 0 aliphatic rings. The molecule has 0 aromatic rings. The quantitative estimate of drug-likeness (QED) is 0.413. The third-order valence-corrected chi connectivity index (χ3v) is 4.13. The molecule has 2 N–H and O–H groups in total. The predicted octanol–water partition coefficient (Wildman–Crippen LogP) is 5.94. The Kier molecular flexibility index (Phi) is 18.1. The van der Waals surface area contributed by atoms with Crippen LogP contribution in [0.5, 0.6) is 0 Å². The standard InChI is InChI=1S/C11H24.C8H16O3/c1-3-5-7-9-11-10-8-6-4-2;1-3-5-6-8(11,4-2)7(9)10/h3-11H2,1-2H3;11H,3-6H2,1-2H3,(H,9,10). The van der Waals surface area contributed by atoms with Gasteiger partial charge in [-0.3, -0.25) is 0 Å². The van der Waals surface area contributed by atoms with Crippen molar-refractivity contribution in [2.75, 3.05) is 0 Å². The van der Waals surface area contributed by atoms with Gasteiger partial charge >= 0.3 is 5.97 Å². The normalized spacial score (nSPS) is 13.1. The molecule has 0 amide bonds. The van der Waals surface area contributed by atoms with E-state index in [-0.39, 0.29) is 6.42 Å². The summed E-state index contributed by atoms with van der Waals surface area (Å²) in [4.78, 5) is 10.5. The predicted molar refractivity (Wildman–Crippen MR) is 95.3 cm³/mol. The summed E-state index contributed by atoms with van der Waals surface area (Å²) < 4.78 is 0.